The van der Waals surface area contributed by atoms with E-state index in [2.05, 4.69) is 24.7 Å². The highest BCUT2D eigenvalue weighted by molar-refractivity contribution is 7.11. The Hall–Kier alpha value is -0.930. The summed E-state index contributed by atoms with van der Waals surface area (Å²) in [6, 6.07) is 0. The fourth-order valence-corrected chi connectivity index (χ4v) is 1.52. The molecule has 0 bridgehead atoms. The molecule has 1 N–H and O–H groups in total. The van der Waals surface area contributed by atoms with E-state index in [-0.39, 0.29) is 6.61 Å². The number of aliphatic hydroxyl groups excluding tert-OH is 1. The standard InChI is InChI=1S/C7H9NOS.2C2H6.C2H4/c1-3-6-5(2)10-7(4-9)8-6;3*1-2/h3,9H,1,4H2,2H3;2*1-2H3;1-2H2. The van der Waals surface area contributed by atoms with Gasteiger partial charge >= 0.3 is 0 Å². The Morgan fingerprint density at radius 2 is 1.69 bits per heavy atom. The predicted molar refractivity (Wildman–Crippen MR) is 76.8 cm³/mol. The number of rotatable bonds is 2. The summed E-state index contributed by atoms with van der Waals surface area (Å²) in [6.45, 7) is 19.6. The first kappa shape index (κ1) is 20.5. The molecule has 1 rings (SSSR count). The lowest BCUT2D eigenvalue weighted by atomic mass is 10.4. The molecule has 0 aliphatic rings. The van der Waals surface area contributed by atoms with E-state index < -0.39 is 0 Å². The maximum Gasteiger partial charge on any atom is 0.119 e. The van der Waals surface area contributed by atoms with Crippen LogP contribution in [0.1, 0.15) is 43.3 Å². The molecule has 0 radical (unpaired) electrons. The summed E-state index contributed by atoms with van der Waals surface area (Å²) in [6.07, 6.45) is 1.70. The lowest BCUT2D eigenvalue weighted by Gasteiger charge is -1.81. The summed E-state index contributed by atoms with van der Waals surface area (Å²) in [5, 5.41) is 9.44. The Balaban J connectivity index is -0.000000245. The molecular formula is C13H25NOS. The molecule has 0 aliphatic heterocycles. The van der Waals surface area contributed by atoms with Gasteiger partial charge in [-0.05, 0) is 13.0 Å². The molecule has 3 heteroatoms. The van der Waals surface area contributed by atoms with E-state index in [9.17, 15) is 0 Å². The van der Waals surface area contributed by atoms with E-state index >= 15 is 0 Å². The molecule has 0 aromatic carbocycles. The van der Waals surface area contributed by atoms with Gasteiger partial charge in [-0.2, -0.15) is 0 Å². The topological polar surface area (TPSA) is 33.1 Å². The van der Waals surface area contributed by atoms with Crippen LogP contribution in [-0.2, 0) is 6.61 Å². The molecule has 94 valence electrons. The molecule has 0 unspecified atom stereocenters. The van der Waals surface area contributed by atoms with E-state index in [1.165, 1.54) is 11.3 Å². The Bertz CT molecular complexity index is 256. The van der Waals surface area contributed by atoms with Crippen molar-refractivity contribution in [2.75, 3.05) is 0 Å². The van der Waals surface area contributed by atoms with Crippen LogP contribution in [0, 0.1) is 6.92 Å². The van der Waals surface area contributed by atoms with Crippen LogP contribution in [0.25, 0.3) is 6.08 Å². The highest BCUT2D eigenvalue weighted by atomic mass is 32.1. The summed E-state index contributed by atoms with van der Waals surface area (Å²) in [5.74, 6) is 0. The number of thiazole rings is 1. The van der Waals surface area contributed by atoms with Gasteiger partial charge in [0.1, 0.15) is 5.01 Å². The van der Waals surface area contributed by atoms with E-state index in [4.69, 9.17) is 5.11 Å². The van der Waals surface area contributed by atoms with Crippen LogP contribution >= 0.6 is 11.3 Å². The van der Waals surface area contributed by atoms with Gasteiger partial charge in [0.2, 0.25) is 0 Å². The monoisotopic (exact) mass is 243 g/mol. The molecule has 0 atom stereocenters. The molecule has 16 heavy (non-hydrogen) atoms. The average Bonchev–Trinajstić information content (AvgIpc) is 2.77. The molecule has 1 aromatic heterocycles. The minimum absolute atomic E-state index is 0.0271. The third-order valence-electron chi connectivity index (χ3n) is 1.21. The van der Waals surface area contributed by atoms with Crippen molar-refractivity contribution >= 4 is 17.4 Å². The summed E-state index contributed by atoms with van der Waals surface area (Å²) in [5.41, 5.74) is 0.883. The summed E-state index contributed by atoms with van der Waals surface area (Å²) >= 11 is 1.51. The molecule has 1 aromatic rings. The molecule has 0 saturated carbocycles. The van der Waals surface area contributed by atoms with Crippen LogP contribution in [-0.4, -0.2) is 10.1 Å². The first-order valence-electron chi connectivity index (χ1n) is 5.47. The third kappa shape index (κ3) is 8.38. The lowest BCUT2D eigenvalue weighted by Crippen LogP contribution is -1.79. The first-order valence-corrected chi connectivity index (χ1v) is 6.29. The number of hydrogen-bond donors (Lipinski definition) is 1. The van der Waals surface area contributed by atoms with E-state index in [0.29, 0.717) is 0 Å². The van der Waals surface area contributed by atoms with Gasteiger partial charge in [0.15, 0.2) is 0 Å². The van der Waals surface area contributed by atoms with Gasteiger partial charge in [0.25, 0.3) is 0 Å². The maximum absolute atomic E-state index is 8.68. The fraction of sp³-hybridized carbons (Fsp3) is 0.462. The van der Waals surface area contributed by atoms with Crippen LogP contribution in [0.15, 0.2) is 19.7 Å². The zero-order chi connectivity index (χ0) is 13.6. The summed E-state index contributed by atoms with van der Waals surface area (Å²) in [7, 11) is 0. The molecule has 0 aliphatic carbocycles. The van der Waals surface area contributed by atoms with Crippen molar-refractivity contribution in [2.24, 2.45) is 0 Å². The Morgan fingerprint density at radius 3 is 1.88 bits per heavy atom. The predicted octanol–water partition coefficient (Wildman–Crippen LogP) is 4.44. The molecule has 0 spiro atoms. The number of hydrogen-bond acceptors (Lipinski definition) is 3. The van der Waals surface area contributed by atoms with Gasteiger partial charge in [-0.25, -0.2) is 4.98 Å². The van der Waals surface area contributed by atoms with Gasteiger partial charge in [-0.1, -0.05) is 34.3 Å². The maximum atomic E-state index is 8.68. The molecule has 0 saturated heterocycles. The van der Waals surface area contributed by atoms with E-state index in [0.717, 1.165) is 15.6 Å². The smallest absolute Gasteiger partial charge is 0.119 e. The van der Waals surface area contributed by atoms with E-state index in [1.807, 2.05) is 34.6 Å². The SMILES string of the molecule is C=C.C=Cc1nc(CO)sc1C.CC.CC. The van der Waals surface area contributed by atoms with Gasteiger partial charge in [0.05, 0.1) is 12.3 Å². The van der Waals surface area contributed by atoms with Crippen molar-refractivity contribution in [1.29, 1.82) is 0 Å². The second-order valence-corrected chi connectivity index (χ2v) is 3.20. The molecule has 1 heterocycles. The van der Waals surface area contributed by atoms with Crippen LogP contribution in [0.3, 0.4) is 0 Å². The van der Waals surface area contributed by atoms with Gasteiger partial charge in [-0.3, -0.25) is 0 Å². The van der Waals surface area contributed by atoms with Crippen molar-refractivity contribution in [1.82, 2.24) is 4.98 Å². The number of aromatic nitrogens is 1. The Kier molecular flexibility index (Phi) is 21.1. The van der Waals surface area contributed by atoms with E-state index in [1.54, 1.807) is 6.08 Å². The molecular weight excluding hydrogens is 218 g/mol. The zero-order valence-electron chi connectivity index (χ0n) is 11.2. The van der Waals surface area contributed by atoms with Crippen molar-refractivity contribution < 1.29 is 5.11 Å². The summed E-state index contributed by atoms with van der Waals surface area (Å²) < 4.78 is 0. The van der Waals surface area contributed by atoms with Crippen molar-refractivity contribution in [3.63, 3.8) is 0 Å². The quantitative estimate of drug-likeness (QED) is 0.779. The molecule has 0 fully saturated rings. The average molecular weight is 243 g/mol. The number of aliphatic hydroxyl groups is 1. The van der Waals surface area contributed by atoms with Crippen molar-refractivity contribution in [3.05, 3.63) is 35.3 Å². The van der Waals surface area contributed by atoms with Crippen molar-refractivity contribution in [2.45, 2.75) is 41.2 Å². The second-order valence-electron chi connectivity index (χ2n) is 1.91. The number of nitrogens with zero attached hydrogens (tertiary/aromatic N) is 1. The van der Waals surface area contributed by atoms with Crippen LogP contribution < -0.4 is 0 Å². The zero-order valence-corrected chi connectivity index (χ0v) is 12.0. The minimum Gasteiger partial charge on any atom is -0.389 e. The Labute approximate surface area is 104 Å². The van der Waals surface area contributed by atoms with Gasteiger partial charge in [0, 0.05) is 4.88 Å². The van der Waals surface area contributed by atoms with Gasteiger partial charge in [-0.15, -0.1) is 24.5 Å². The lowest BCUT2D eigenvalue weighted by molar-refractivity contribution is 0.281. The molecule has 2 nitrogen and oxygen atoms in total. The Morgan fingerprint density at radius 1 is 1.25 bits per heavy atom. The minimum atomic E-state index is 0.0271. The normalized spacial score (nSPS) is 7.12. The molecule has 0 amide bonds. The van der Waals surface area contributed by atoms with Crippen molar-refractivity contribution in [3.8, 4) is 0 Å². The van der Waals surface area contributed by atoms with Crippen LogP contribution in [0.2, 0.25) is 0 Å². The first-order chi connectivity index (χ1) is 7.77. The highest BCUT2D eigenvalue weighted by Crippen LogP contribution is 2.17. The highest BCUT2D eigenvalue weighted by Gasteiger charge is 2.01. The summed E-state index contributed by atoms with van der Waals surface area (Å²) in [4.78, 5) is 5.21. The fourth-order valence-electron chi connectivity index (χ4n) is 0.722. The number of aryl methyl sites for hydroxylation is 1. The van der Waals surface area contributed by atoms with Crippen LogP contribution in [0.5, 0.6) is 0 Å². The van der Waals surface area contributed by atoms with Gasteiger partial charge < -0.3 is 5.11 Å². The largest absolute Gasteiger partial charge is 0.389 e. The third-order valence-corrected chi connectivity index (χ3v) is 2.18. The second kappa shape index (κ2) is 16.5. The van der Waals surface area contributed by atoms with Crippen LogP contribution in [0.4, 0.5) is 0 Å².